The van der Waals surface area contributed by atoms with Gasteiger partial charge in [-0.3, -0.25) is 9.59 Å². The topological polar surface area (TPSA) is 66.6 Å². The summed E-state index contributed by atoms with van der Waals surface area (Å²) in [6, 6.07) is 8.33. The third-order valence-electron chi connectivity index (χ3n) is 6.35. The minimum Gasteiger partial charge on any atom is -0.342 e. The van der Waals surface area contributed by atoms with Crippen molar-refractivity contribution in [3.63, 3.8) is 0 Å². The van der Waals surface area contributed by atoms with Crippen LogP contribution < -0.4 is 10.6 Å². The van der Waals surface area contributed by atoms with Gasteiger partial charge in [0.1, 0.15) is 0 Å². The van der Waals surface area contributed by atoms with Gasteiger partial charge in [0.15, 0.2) is 0 Å². The number of carbonyl (C=O) groups excluding carboxylic acids is 2. The molecule has 2 saturated heterocycles. The zero-order chi connectivity index (χ0) is 17.6. The Bertz CT molecular complexity index is 672. The van der Waals surface area contributed by atoms with E-state index in [4.69, 9.17) is 5.73 Å². The van der Waals surface area contributed by atoms with Crippen LogP contribution in [0.2, 0.25) is 0 Å². The van der Waals surface area contributed by atoms with E-state index in [0.717, 1.165) is 38.0 Å². The zero-order valence-electron chi connectivity index (χ0n) is 14.9. The average Bonchev–Trinajstić information content (AvgIpc) is 3.31. The Kier molecular flexibility index (Phi) is 4.28. The van der Waals surface area contributed by atoms with Crippen LogP contribution in [0.1, 0.15) is 31.7 Å². The molecule has 5 nitrogen and oxygen atoms in total. The van der Waals surface area contributed by atoms with Crippen molar-refractivity contribution in [3.8, 4) is 0 Å². The first-order chi connectivity index (χ1) is 12.1. The molecule has 2 amide bonds. The Morgan fingerprint density at radius 2 is 1.92 bits per heavy atom. The first-order valence-corrected chi connectivity index (χ1v) is 9.50. The van der Waals surface area contributed by atoms with Crippen LogP contribution in [0, 0.1) is 17.8 Å². The van der Waals surface area contributed by atoms with Crippen LogP contribution in [0.5, 0.6) is 0 Å². The Morgan fingerprint density at radius 1 is 1.16 bits per heavy atom. The second-order valence-electron chi connectivity index (χ2n) is 7.83. The Labute approximate surface area is 149 Å². The first-order valence-electron chi connectivity index (χ1n) is 9.50. The van der Waals surface area contributed by atoms with Gasteiger partial charge < -0.3 is 15.5 Å². The molecule has 0 bridgehead atoms. The van der Waals surface area contributed by atoms with Gasteiger partial charge in [-0.05, 0) is 48.8 Å². The average molecular weight is 341 g/mol. The van der Waals surface area contributed by atoms with E-state index in [1.165, 1.54) is 5.56 Å². The minimum absolute atomic E-state index is 0.0543. The summed E-state index contributed by atoms with van der Waals surface area (Å²) in [7, 11) is 0. The fourth-order valence-corrected chi connectivity index (χ4v) is 4.78. The van der Waals surface area contributed by atoms with Crippen molar-refractivity contribution in [3.05, 3.63) is 29.8 Å². The molecule has 2 aliphatic heterocycles. The van der Waals surface area contributed by atoms with Gasteiger partial charge >= 0.3 is 0 Å². The molecule has 1 saturated carbocycles. The van der Waals surface area contributed by atoms with Crippen LogP contribution in [0.3, 0.4) is 0 Å². The smallest absolute Gasteiger partial charge is 0.228 e. The monoisotopic (exact) mass is 341 g/mol. The lowest BCUT2D eigenvalue weighted by molar-refractivity contribution is -0.135. The number of carbonyl (C=O) groups is 2. The summed E-state index contributed by atoms with van der Waals surface area (Å²) in [4.78, 5) is 29.1. The van der Waals surface area contributed by atoms with Crippen LogP contribution >= 0.6 is 0 Å². The van der Waals surface area contributed by atoms with Crippen molar-refractivity contribution in [2.75, 3.05) is 24.5 Å². The number of aryl methyl sites for hydroxylation is 1. The van der Waals surface area contributed by atoms with E-state index in [2.05, 4.69) is 19.1 Å². The first kappa shape index (κ1) is 16.6. The lowest BCUT2D eigenvalue weighted by Gasteiger charge is -2.22. The molecule has 1 aromatic carbocycles. The second-order valence-corrected chi connectivity index (χ2v) is 7.83. The number of nitrogens with two attached hydrogens (primary N) is 1. The van der Waals surface area contributed by atoms with Crippen molar-refractivity contribution >= 4 is 17.5 Å². The largest absolute Gasteiger partial charge is 0.342 e. The van der Waals surface area contributed by atoms with Gasteiger partial charge in [0, 0.05) is 37.8 Å². The summed E-state index contributed by atoms with van der Waals surface area (Å²) in [5.41, 5.74) is 8.33. The SMILES string of the molecule is CCc1ccc(N2CC(C(=O)N3CC4CCC(N)C4C3)CC2=O)cc1. The minimum atomic E-state index is -0.214. The van der Waals surface area contributed by atoms with E-state index in [-0.39, 0.29) is 23.8 Å². The third kappa shape index (κ3) is 2.95. The highest BCUT2D eigenvalue weighted by atomic mass is 16.2. The molecular weight excluding hydrogens is 314 g/mol. The molecule has 0 aromatic heterocycles. The lowest BCUT2D eigenvalue weighted by atomic mass is 9.98. The fraction of sp³-hybridized carbons (Fsp3) is 0.600. The fourth-order valence-electron chi connectivity index (χ4n) is 4.78. The number of hydrogen-bond donors (Lipinski definition) is 1. The number of fused-ring (bicyclic) bond motifs is 1. The summed E-state index contributed by atoms with van der Waals surface area (Å²) >= 11 is 0. The van der Waals surface area contributed by atoms with E-state index >= 15 is 0 Å². The Balaban J connectivity index is 1.42. The molecule has 1 aromatic rings. The van der Waals surface area contributed by atoms with E-state index in [1.807, 2.05) is 17.0 Å². The molecule has 1 aliphatic carbocycles. The molecule has 4 atom stereocenters. The van der Waals surface area contributed by atoms with Crippen molar-refractivity contribution < 1.29 is 9.59 Å². The van der Waals surface area contributed by atoms with Crippen LogP contribution in [-0.4, -0.2) is 42.4 Å². The number of likely N-dealkylation sites (tertiary alicyclic amines) is 1. The zero-order valence-corrected chi connectivity index (χ0v) is 14.9. The summed E-state index contributed by atoms with van der Waals surface area (Å²) < 4.78 is 0. The highest BCUT2D eigenvalue weighted by Gasteiger charge is 2.45. The molecule has 25 heavy (non-hydrogen) atoms. The van der Waals surface area contributed by atoms with Crippen LogP contribution in [0.15, 0.2) is 24.3 Å². The van der Waals surface area contributed by atoms with Crippen molar-refractivity contribution in [1.29, 1.82) is 0 Å². The highest BCUT2D eigenvalue weighted by molar-refractivity contribution is 6.00. The van der Waals surface area contributed by atoms with Gasteiger partial charge in [0.25, 0.3) is 0 Å². The lowest BCUT2D eigenvalue weighted by Crippen LogP contribution is -2.38. The molecular formula is C20H27N3O2. The Morgan fingerprint density at radius 3 is 2.60 bits per heavy atom. The van der Waals surface area contributed by atoms with Crippen molar-refractivity contribution in [1.82, 2.24) is 4.90 Å². The third-order valence-corrected chi connectivity index (χ3v) is 6.35. The van der Waals surface area contributed by atoms with Gasteiger partial charge in [-0.1, -0.05) is 19.1 Å². The van der Waals surface area contributed by atoms with E-state index in [0.29, 0.717) is 24.8 Å². The quantitative estimate of drug-likeness (QED) is 0.912. The number of rotatable bonds is 3. The number of nitrogens with zero attached hydrogens (tertiary/aromatic N) is 2. The molecule has 3 fully saturated rings. The van der Waals surface area contributed by atoms with Gasteiger partial charge in [-0.25, -0.2) is 0 Å². The second kappa shape index (κ2) is 6.45. The molecule has 0 spiro atoms. The molecule has 4 rings (SSSR count). The standard InChI is InChI=1S/C20H27N3O2/c1-2-13-3-6-16(7-4-13)23-11-15(9-19(23)24)20(25)22-10-14-5-8-18(21)17(14)12-22/h3-4,6-7,14-15,17-18H,2,5,8-12,21H2,1H3. The Hall–Kier alpha value is -1.88. The molecule has 134 valence electrons. The number of amides is 2. The summed E-state index contributed by atoms with van der Waals surface area (Å²) in [6.45, 7) is 4.22. The predicted molar refractivity (Wildman–Crippen MR) is 97.0 cm³/mol. The van der Waals surface area contributed by atoms with E-state index in [9.17, 15) is 9.59 Å². The predicted octanol–water partition coefficient (Wildman–Crippen LogP) is 1.80. The van der Waals surface area contributed by atoms with Gasteiger partial charge in [-0.15, -0.1) is 0 Å². The number of anilines is 1. The summed E-state index contributed by atoms with van der Waals surface area (Å²) in [5.74, 6) is 1.00. The van der Waals surface area contributed by atoms with E-state index < -0.39 is 0 Å². The van der Waals surface area contributed by atoms with Crippen molar-refractivity contribution in [2.24, 2.45) is 23.5 Å². The van der Waals surface area contributed by atoms with Crippen LogP contribution in [0.25, 0.3) is 0 Å². The number of benzene rings is 1. The maximum Gasteiger partial charge on any atom is 0.228 e. The number of hydrogen-bond acceptors (Lipinski definition) is 3. The molecule has 3 aliphatic rings. The van der Waals surface area contributed by atoms with Gasteiger partial charge in [0.2, 0.25) is 11.8 Å². The maximum absolute atomic E-state index is 12.9. The maximum atomic E-state index is 12.9. The van der Waals surface area contributed by atoms with Crippen LogP contribution in [0.4, 0.5) is 5.69 Å². The molecule has 2 N–H and O–H groups in total. The highest BCUT2D eigenvalue weighted by Crippen LogP contribution is 2.38. The molecule has 0 radical (unpaired) electrons. The molecule has 2 heterocycles. The van der Waals surface area contributed by atoms with E-state index in [1.54, 1.807) is 4.90 Å². The van der Waals surface area contributed by atoms with Gasteiger partial charge in [0.05, 0.1) is 5.92 Å². The molecule has 5 heteroatoms. The van der Waals surface area contributed by atoms with Crippen LogP contribution in [-0.2, 0) is 16.0 Å². The molecule has 4 unspecified atom stereocenters. The summed E-state index contributed by atoms with van der Waals surface area (Å²) in [5, 5.41) is 0. The normalized spacial score (nSPS) is 31.7. The van der Waals surface area contributed by atoms with Crippen molar-refractivity contribution in [2.45, 2.75) is 38.6 Å². The van der Waals surface area contributed by atoms with Gasteiger partial charge in [-0.2, -0.15) is 0 Å². The summed E-state index contributed by atoms with van der Waals surface area (Å²) in [6.07, 6.45) is 3.52.